The largest absolute Gasteiger partial charge is 0.470 e. The van der Waals surface area contributed by atoms with E-state index in [0.29, 0.717) is 18.0 Å². The van der Waals surface area contributed by atoms with Gasteiger partial charge in [-0.1, -0.05) is 119 Å². The number of hydrogen-bond acceptors (Lipinski definition) is 9. The Hall–Kier alpha value is -5.94. The molecule has 2 aromatic heterocycles. The molecule has 5 aromatic rings. The number of aryl methyl sites for hydroxylation is 2. The summed E-state index contributed by atoms with van der Waals surface area (Å²) >= 11 is 3.12. The van der Waals surface area contributed by atoms with Crippen LogP contribution in [-0.4, -0.2) is 48.3 Å². The Kier molecular flexibility index (Phi) is 15.6. The Labute approximate surface area is 400 Å². The van der Waals surface area contributed by atoms with E-state index in [1.807, 2.05) is 23.1 Å². The van der Waals surface area contributed by atoms with Crippen molar-refractivity contribution in [3.05, 3.63) is 152 Å². The number of benzene rings is 3. The van der Waals surface area contributed by atoms with Crippen LogP contribution in [0.4, 0.5) is 18.9 Å². The maximum atomic E-state index is 14.9. The number of hydrogen-bond donors (Lipinski definition) is 2. The normalized spacial score (nSPS) is 16.1. The molecule has 7 rings (SSSR count). The molecule has 0 fully saturated rings. The van der Waals surface area contributed by atoms with Crippen molar-refractivity contribution in [2.45, 2.75) is 102 Å². The second-order valence-corrected chi connectivity index (χ2v) is 19.4. The third kappa shape index (κ3) is 9.62. The molecule has 0 radical (unpaired) electrons. The average molecular weight is 941 g/mol. The lowest BCUT2D eigenvalue weighted by Gasteiger charge is -2.33. The Morgan fingerprint density at radius 3 is 1.75 bits per heavy atom. The van der Waals surface area contributed by atoms with Crippen molar-refractivity contribution in [1.29, 1.82) is 15.8 Å². The zero-order valence-corrected chi connectivity index (χ0v) is 39.8. The summed E-state index contributed by atoms with van der Waals surface area (Å²) in [6.45, 7) is 5.91. The zero-order chi connectivity index (χ0) is 47.8. The first kappa shape index (κ1) is 49.0. The van der Waals surface area contributed by atoms with E-state index in [9.17, 15) is 39.2 Å². The van der Waals surface area contributed by atoms with Gasteiger partial charge in [0.05, 0.1) is 28.4 Å². The minimum absolute atomic E-state index is 0.0462. The lowest BCUT2D eigenvalue weighted by Crippen LogP contribution is -2.43. The molecule has 12 heteroatoms. The summed E-state index contributed by atoms with van der Waals surface area (Å²) < 4.78 is 50.0. The van der Waals surface area contributed by atoms with Crippen molar-refractivity contribution >= 4 is 34.4 Å². The number of anilines is 1. The van der Waals surface area contributed by atoms with Crippen LogP contribution in [0.1, 0.15) is 110 Å². The summed E-state index contributed by atoms with van der Waals surface area (Å²) in [6.07, 6.45) is 9.02. The van der Waals surface area contributed by atoms with Crippen molar-refractivity contribution in [1.82, 2.24) is 0 Å². The van der Waals surface area contributed by atoms with Gasteiger partial charge >= 0.3 is 6.18 Å². The molecule has 0 saturated carbocycles. The molecule has 1 aliphatic carbocycles. The van der Waals surface area contributed by atoms with Crippen LogP contribution in [0.3, 0.4) is 0 Å². The number of allylic oxidation sites excluding steroid dienone is 2. The summed E-state index contributed by atoms with van der Waals surface area (Å²) in [6, 6.07) is 35.2. The van der Waals surface area contributed by atoms with E-state index in [1.54, 1.807) is 35.6 Å². The zero-order valence-electron chi connectivity index (χ0n) is 38.2. The number of alkyl halides is 3. The molecule has 0 saturated heterocycles. The lowest BCUT2D eigenvalue weighted by atomic mass is 9.68. The molecule has 1 unspecified atom stereocenters. The fourth-order valence-electron chi connectivity index (χ4n) is 9.36. The predicted octanol–water partition coefficient (Wildman–Crippen LogP) is 13.4. The van der Waals surface area contributed by atoms with Gasteiger partial charge in [-0.3, -0.25) is 0 Å². The number of aliphatic hydroxyl groups is 2. The molecule has 67 heavy (non-hydrogen) atoms. The average Bonchev–Trinajstić information content (AvgIpc) is 4.09. The molecular formula is C55H55F3N4O3S2. The fourth-order valence-corrected chi connectivity index (χ4v) is 11.9. The minimum Gasteiger partial charge on any atom is -0.470 e. The Morgan fingerprint density at radius 1 is 0.716 bits per heavy atom. The summed E-state index contributed by atoms with van der Waals surface area (Å²) in [4.78, 5) is 5.66. The Balaban J connectivity index is 1.42. The Bertz CT molecular complexity index is 2690. The fraction of sp³-hybridized carbons (Fsp3) is 0.364. The van der Waals surface area contributed by atoms with E-state index in [-0.39, 0.29) is 13.2 Å². The number of nitriles is 3. The van der Waals surface area contributed by atoms with E-state index in [2.05, 4.69) is 80.6 Å². The first-order valence-corrected chi connectivity index (χ1v) is 24.7. The van der Waals surface area contributed by atoms with E-state index in [0.717, 1.165) is 93.6 Å². The molecule has 3 heterocycles. The highest BCUT2D eigenvalue weighted by Crippen LogP contribution is 2.62. The first-order valence-electron chi connectivity index (χ1n) is 23.1. The monoisotopic (exact) mass is 940 g/mol. The smallest absolute Gasteiger partial charge is 0.432 e. The molecule has 1 aliphatic heterocycles. The van der Waals surface area contributed by atoms with Crippen molar-refractivity contribution in [2.24, 2.45) is 0 Å². The van der Waals surface area contributed by atoms with Crippen molar-refractivity contribution in [3.63, 3.8) is 0 Å². The number of halogens is 3. The van der Waals surface area contributed by atoms with Gasteiger partial charge in [0.15, 0.2) is 11.3 Å². The molecule has 346 valence electrons. The number of thiophene rings is 2. The molecule has 0 spiro atoms. The van der Waals surface area contributed by atoms with Crippen LogP contribution in [0, 0.1) is 34.0 Å². The van der Waals surface area contributed by atoms with Gasteiger partial charge in [-0.25, -0.2) is 0 Å². The minimum atomic E-state index is -4.99. The van der Waals surface area contributed by atoms with Gasteiger partial charge < -0.3 is 19.8 Å². The third-order valence-corrected chi connectivity index (χ3v) is 15.4. The van der Waals surface area contributed by atoms with Crippen LogP contribution < -0.4 is 4.90 Å². The maximum absolute atomic E-state index is 14.9. The number of nitrogens with zero attached hydrogens (tertiary/aromatic N) is 4. The van der Waals surface area contributed by atoms with Crippen molar-refractivity contribution in [2.75, 3.05) is 31.2 Å². The Morgan fingerprint density at radius 2 is 1.25 bits per heavy atom. The van der Waals surface area contributed by atoms with E-state index >= 15 is 0 Å². The number of fused-ring (bicyclic) bond motifs is 3. The van der Waals surface area contributed by atoms with Gasteiger partial charge in [0.25, 0.3) is 0 Å². The number of ether oxygens (including phenoxy) is 1. The van der Waals surface area contributed by atoms with Crippen molar-refractivity contribution < 1.29 is 28.1 Å². The second kappa shape index (κ2) is 21.3. The summed E-state index contributed by atoms with van der Waals surface area (Å²) in [5, 5.41) is 48.7. The summed E-state index contributed by atoms with van der Waals surface area (Å²) in [5.74, 6) is -0.680. The molecule has 2 aliphatic rings. The molecule has 3 aromatic carbocycles. The molecule has 0 amide bonds. The quantitative estimate of drug-likeness (QED) is 0.0577. The van der Waals surface area contributed by atoms with E-state index < -0.39 is 39.7 Å². The number of unbranched alkanes of at least 4 members (excludes halogenated alkanes) is 6. The van der Waals surface area contributed by atoms with Gasteiger partial charge in [-0.05, 0) is 102 Å². The topological polar surface area (TPSA) is 124 Å². The first-order chi connectivity index (χ1) is 32.4. The van der Waals surface area contributed by atoms with E-state index in [1.165, 1.54) is 54.2 Å². The molecule has 2 N–H and O–H groups in total. The van der Waals surface area contributed by atoms with Crippen LogP contribution in [-0.2, 0) is 23.0 Å². The van der Waals surface area contributed by atoms with Gasteiger partial charge in [-0.2, -0.15) is 29.0 Å². The van der Waals surface area contributed by atoms with Crippen LogP contribution in [0.2, 0.25) is 0 Å². The molecular weight excluding hydrogens is 886 g/mol. The second-order valence-electron chi connectivity index (χ2n) is 17.3. The highest BCUT2D eigenvalue weighted by Gasteiger charge is 2.61. The van der Waals surface area contributed by atoms with Crippen LogP contribution in [0.25, 0.3) is 26.3 Å². The summed E-state index contributed by atoms with van der Waals surface area (Å²) in [7, 11) is 0. The van der Waals surface area contributed by atoms with Gasteiger partial charge in [0.2, 0.25) is 5.60 Å². The van der Waals surface area contributed by atoms with E-state index in [4.69, 9.17) is 4.74 Å². The standard InChI is InChI=1S/C55H55F3N4O3S2/c1-4-6-8-10-12-37-14-20-41(21-15-37)54(42-22-16-38(17-23-42)13-11-9-7-5-2)47-32-44(26-27-46-45(36-61)50(40(34-59)35-60)65-53(46,3)55(56,57)58)66-51(47)52-48(54)33-49(67-52)39-18-24-43(25-19-39)62(28-30-63)29-31-64/h14-27,32-33,63-64H,4-13,28-31H2,1-3H3/b27-26+. The predicted molar refractivity (Wildman–Crippen MR) is 262 cm³/mol. The summed E-state index contributed by atoms with van der Waals surface area (Å²) in [5.41, 5.74) is 3.14. The van der Waals surface area contributed by atoms with Crippen LogP contribution in [0.15, 0.2) is 113 Å². The van der Waals surface area contributed by atoms with Gasteiger partial charge in [-0.15, -0.1) is 22.7 Å². The van der Waals surface area contributed by atoms with Crippen molar-refractivity contribution in [3.8, 4) is 38.4 Å². The van der Waals surface area contributed by atoms with Gasteiger partial charge in [0.1, 0.15) is 23.8 Å². The number of aliphatic hydroxyl groups excluding tert-OH is 2. The lowest BCUT2D eigenvalue weighted by molar-refractivity contribution is -0.236. The SMILES string of the molecule is CCCCCCc1ccc(C2(c3ccc(CCCCCC)cc3)c3cc(/C=C/C4=C(C#N)C(=C(C#N)C#N)OC4(C)C(F)(F)F)sc3-c3sc(-c4ccc(N(CCO)CCO)cc4)cc32)cc1. The molecule has 0 bridgehead atoms. The molecule has 7 nitrogen and oxygen atoms in total. The van der Waals surface area contributed by atoms with Crippen LogP contribution >= 0.6 is 22.7 Å². The van der Waals surface area contributed by atoms with Crippen LogP contribution in [0.5, 0.6) is 0 Å². The molecule has 1 atom stereocenters. The maximum Gasteiger partial charge on any atom is 0.432 e. The number of rotatable bonds is 20. The third-order valence-electron chi connectivity index (χ3n) is 13.0. The highest BCUT2D eigenvalue weighted by atomic mass is 32.1. The van der Waals surface area contributed by atoms with Gasteiger partial charge in [0, 0.05) is 34.1 Å². The highest BCUT2D eigenvalue weighted by molar-refractivity contribution is 7.24.